The molecule has 0 bridgehead atoms. The number of hydrogen-bond donors (Lipinski definition) is 0. The Morgan fingerprint density at radius 1 is 1.17 bits per heavy atom. The highest BCUT2D eigenvalue weighted by Gasteiger charge is 2.09. The van der Waals surface area contributed by atoms with Gasteiger partial charge in [0.1, 0.15) is 6.61 Å². The third-order valence-corrected chi connectivity index (χ3v) is 3.91. The third-order valence-electron chi connectivity index (χ3n) is 2.37. The van der Waals surface area contributed by atoms with E-state index in [1.54, 1.807) is 18.2 Å². The number of hydrogen-bond acceptors (Lipinski definition) is 2. The fourth-order valence-corrected chi connectivity index (χ4v) is 2.06. The molecule has 0 atom stereocenters. The molecule has 2 aromatic rings. The molecule has 0 saturated carbocycles. The van der Waals surface area contributed by atoms with Crippen molar-refractivity contribution < 1.29 is 9.53 Å². The van der Waals surface area contributed by atoms with Crippen LogP contribution < -0.4 is 0 Å². The first-order valence-electron chi connectivity index (χ1n) is 5.33. The molecule has 0 heterocycles. The minimum absolute atomic E-state index is 0.277. The number of esters is 1. The molecule has 0 aliphatic rings. The van der Waals surface area contributed by atoms with E-state index in [0.717, 1.165) is 9.13 Å². The van der Waals surface area contributed by atoms with Crippen molar-refractivity contribution in [3.8, 4) is 0 Å². The van der Waals surface area contributed by atoms with Gasteiger partial charge in [-0.05, 0) is 46.4 Å². The van der Waals surface area contributed by atoms with Crippen LogP contribution >= 0.6 is 34.2 Å². The van der Waals surface area contributed by atoms with Crippen LogP contribution in [-0.4, -0.2) is 5.97 Å². The zero-order chi connectivity index (χ0) is 13.0. The van der Waals surface area contributed by atoms with E-state index in [0.29, 0.717) is 10.6 Å². The topological polar surface area (TPSA) is 26.3 Å². The zero-order valence-electron chi connectivity index (χ0n) is 9.40. The van der Waals surface area contributed by atoms with Crippen LogP contribution in [0.2, 0.25) is 5.02 Å². The number of ether oxygens (including phenoxy) is 1. The minimum Gasteiger partial charge on any atom is -0.457 e. The van der Waals surface area contributed by atoms with Crippen LogP contribution in [0.4, 0.5) is 0 Å². The van der Waals surface area contributed by atoms with Crippen molar-refractivity contribution in [1.29, 1.82) is 0 Å². The van der Waals surface area contributed by atoms with E-state index in [9.17, 15) is 4.79 Å². The highest BCUT2D eigenvalue weighted by atomic mass is 127. The quantitative estimate of drug-likeness (QED) is 0.593. The summed E-state index contributed by atoms with van der Waals surface area (Å²) in [6, 6.07) is 14.7. The van der Waals surface area contributed by atoms with Crippen LogP contribution in [0.3, 0.4) is 0 Å². The minimum atomic E-state index is -0.339. The van der Waals surface area contributed by atoms with E-state index in [4.69, 9.17) is 16.3 Å². The molecular weight excluding hydrogens is 363 g/mol. The Kier molecular flexibility index (Phi) is 4.60. The van der Waals surface area contributed by atoms with E-state index >= 15 is 0 Å². The summed E-state index contributed by atoms with van der Waals surface area (Å²) in [5.74, 6) is -0.339. The van der Waals surface area contributed by atoms with Crippen molar-refractivity contribution in [2.24, 2.45) is 0 Å². The Hall–Kier alpha value is -1.07. The molecule has 0 saturated heterocycles. The van der Waals surface area contributed by atoms with Gasteiger partial charge in [-0.2, -0.15) is 0 Å². The summed E-state index contributed by atoms with van der Waals surface area (Å²) >= 11 is 7.98. The van der Waals surface area contributed by atoms with Gasteiger partial charge in [0.2, 0.25) is 0 Å². The molecule has 0 aromatic heterocycles. The lowest BCUT2D eigenvalue weighted by molar-refractivity contribution is 0.0472. The second kappa shape index (κ2) is 6.20. The maximum atomic E-state index is 11.8. The standard InChI is InChI=1S/C14H10ClIO2/c15-12-7-6-11(8-13(12)16)14(17)18-9-10-4-2-1-3-5-10/h1-8H,9H2. The summed E-state index contributed by atoms with van der Waals surface area (Å²) in [5.41, 5.74) is 1.48. The Balaban J connectivity index is 2.02. The van der Waals surface area contributed by atoms with Crippen LogP contribution in [0, 0.1) is 3.57 Å². The summed E-state index contributed by atoms with van der Waals surface area (Å²) in [7, 11) is 0. The zero-order valence-corrected chi connectivity index (χ0v) is 12.3. The first-order chi connectivity index (χ1) is 8.66. The summed E-state index contributed by atoms with van der Waals surface area (Å²) in [4.78, 5) is 11.8. The Bertz CT molecular complexity index is 555. The van der Waals surface area contributed by atoms with Gasteiger partial charge in [0.15, 0.2) is 0 Å². The molecule has 2 rings (SSSR count). The number of halogens is 2. The van der Waals surface area contributed by atoms with Crippen molar-refractivity contribution in [3.63, 3.8) is 0 Å². The molecule has 2 aromatic carbocycles. The van der Waals surface area contributed by atoms with E-state index in [-0.39, 0.29) is 12.6 Å². The smallest absolute Gasteiger partial charge is 0.338 e. The van der Waals surface area contributed by atoms with Gasteiger partial charge in [0, 0.05) is 3.57 Å². The molecular formula is C14H10ClIO2. The summed E-state index contributed by atoms with van der Waals surface area (Å²) in [6.45, 7) is 0.277. The lowest BCUT2D eigenvalue weighted by Crippen LogP contribution is -2.05. The largest absolute Gasteiger partial charge is 0.457 e. The molecule has 0 fully saturated rings. The number of carbonyl (C=O) groups is 1. The van der Waals surface area contributed by atoms with Crippen LogP contribution in [0.5, 0.6) is 0 Å². The van der Waals surface area contributed by atoms with Gasteiger partial charge < -0.3 is 4.74 Å². The van der Waals surface area contributed by atoms with Gasteiger partial charge in [-0.3, -0.25) is 0 Å². The average molecular weight is 373 g/mol. The van der Waals surface area contributed by atoms with E-state index in [1.165, 1.54) is 0 Å². The van der Waals surface area contributed by atoms with Crippen LogP contribution in [-0.2, 0) is 11.3 Å². The van der Waals surface area contributed by atoms with Gasteiger partial charge >= 0.3 is 5.97 Å². The third kappa shape index (κ3) is 3.46. The van der Waals surface area contributed by atoms with Gasteiger partial charge in [0.25, 0.3) is 0 Å². The lowest BCUT2D eigenvalue weighted by atomic mass is 10.2. The maximum Gasteiger partial charge on any atom is 0.338 e. The summed E-state index contributed by atoms with van der Waals surface area (Å²) in [5, 5.41) is 0.634. The van der Waals surface area contributed by atoms with E-state index < -0.39 is 0 Å². The highest BCUT2D eigenvalue weighted by molar-refractivity contribution is 14.1. The molecule has 0 radical (unpaired) electrons. The number of benzene rings is 2. The van der Waals surface area contributed by atoms with Gasteiger partial charge in [-0.25, -0.2) is 4.79 Å². The number of carbonyl (C=O) groups excluding carboxylic acids is 1. The molecule has 0 aliphatic heterocycles. The summed E-state index contributed by atoms with van der Waals surface area (Å²) in [6.07, 6.45) is 0. The Labute approximate surface area is 124 Å². The second-order valence-electron chi connectivity index (χ2n) is 3.69. The van der Waals surface area contributed by atoms with Crippen LogP contribution in [0.25, 0.3) is 0 Å². The maximum absolute atomic E-state index is 11.8. The molecule has 0 spiro atoms. The van der Waals surface area contributed by atoms with Crippen molar-refractivity contribution in [1.82, 2.24) is 0 Å². The van der Waals surface area contributed by atoms with Crippen molar-refractivity contribution in [3.05, 3.63) is 68.3 Å². The molecule has 18 heavy (non-hydrogen) atoms. The lowest BCUT2D eigenvalue weighted by Gasteiger charge is -2.05. The van der Waals surface area contributed by atoms with Gasteiger partial charge in [0.05, 0.1) is 10.6 Å². The molecule has 0 N–H and O–H groups in total. The average Bonchev–Trinajstić information content (AvgIpc) is 2.40. The molecule has 4 heteroatoms. The fourth-order valence-electron chi connectivity index (χ4n) is 1.43. The van der Waals surface area contributed by atoms with Crippen molar-refractivity contribution in [2.45, 2.75) is 6.61 Å². The molecule has 0 aliphatic carbocycles. The molecule has 0 unspecified atom stereocenters. The van der Waals surface area contributed by atoms with Crippen molar-refractivity contribution >= 4 is 40.2 Å². The fraction of sp³-hybridized carbons (Fsp3) is 0.0714. The normalized spacial score (nSPS) is 10.1. The first-order valence-corrected chi connectivity index (χ1v) is 6.78. The monoisotopic (exact) mass is 372 g/mol. The SMILES string of the molecule is O=C(OCc1ccccc1)c1ccc(Cl)c(I)c1. The summed E-state index contributed by atoms with van der Waals surface area (Å²) < 4.78 is 6.06. The van der Waals surface area contributed by atoms with Gasteiger partial charge in [-0.15, -0.1) is 0 Å². The Morgan fingerprint density at radius 2 is 1.89 bits per heavy atom. The van der Waals surface area contributed by atoms with Gasteiger partial charge in [-0.1, -0.05) is 41.9 Å². The Morgan fingerprint density at radius 3 is 2.56 bits per heavy atom. The highest BCUT2D eigenvalue weighted by Crippen LogP contribution is 2.20. The predicted octanol–water partition coefficient (Wildman–Crippen LogP) is 4.30. The van der Waals surface area contributed by atoms with E-state index in [2.05, 4.69) is 22.6 Å². The molecule has 92 valence electrons. The molecule has 2 nitrogen and oxygen atoms in total. The molecule has 0 amide bonds. The predicted molar refractivity (Wildman–Crippen MR) is 79.7 cm³/mol. The van der Waals surface area contributed by atoms with Crippen LogP contribution in [0.15, 0.2) is 48.5 Å². The second-order valence-corrected chi connectivity index (χ2v) is 5.26. The first kappa shape index (κ1) is 13.4. The van der Waals surface area contributed by atoms with Crippen LogP contribution in [0.1, 0.15) is 15.9 Å². The van der Waals surface area contributed by atoms with Crippen molar-refractivity contribution in [2.75, 3.05) is 0 Å². The number of rotatable bonds is 3. The van der Waals surface area contributed by atoms with E-state index in [1.807, 2.05) is 30.3 Å².